The topological polar surface area (TPSA) is 87.7 Å². The van der Waals surface area contributed by atoms with E-state index in [4.69, 9.17) is 4.74 Å². The fraction of sp³-hybridized carbons (Fsp3) is 0.600. The number of amides is 2. The highest BCUT2D eigenvalue weighted by Crippen LogP contribution is 2.09. The molecule has 1 saturated heterocycles. The van der Waals surface area contributed by atoms with Crippen molar-refractivity contribution in [2.24, 2.45) is 0 Å². The first-order valence-electron chi connectivity index (χ1n) is 7.94. The van der Waals surface area contributed by atoms with Crippen molar-refractivity contribution >= 4 is 17.8 Å². The number of aromatic nitrogens is 2. The Hall–Kier alpha value is -2.38. The first-order valence-corrected chi connectivity index (χ1v) is 7.94. The minimum absolute atomic E-state index is 0.164. The van der Waals surface area contributed by atoms with E-state index in [0.717, 1.165) is 13.0 Å². The van der Waals surface area contributed by atoms with Crippen molar-refractivity contribution in [1.82, 2.24) is 20.0 Å². The Morgan fingerprint density at radius 2 is 1.83 bits per heavy atom. The first kappa shape index (κ1) is 17.0. The van der Waals surface area contributed by atoms with Crippen molar-refractivity contribution in [3.63, 3.8) is 0 Å². The summed E-state index contributed by atoms with van der Waals surface area (Å²) < 4.78 is 4.96. The zero-order valence-electron chi connectivity index (χ0n) is 13.6. The molecule has 0 atom stereocenters. The van der Waals surface area contributed by atoms with Gasteiger partial charge in [-0.25, -0.2) is 4.79 Å². The summed E-state index contributed by atoms with van der Waals surface area (Å²) in [7, 11) is 0. The number of hydrogen-bond acceptors (Lipinski definition) is 6. The fourth-order valence-electron chi connectivity index (χ4n) is 2.26. The number of nitrogens with zero attached hydrogens (tertiary/aromatic N) is 4. The van der Waals surface area contributed by atoms with E-state index in [1.807, 2.05) is 0 Å². The normalized spacial score (nSPS) is 14.5. The average Bonchev–Trinajstić information content (AvgIpc) is 2.60. The molecule has 0 bridgehead atoms. The summed E-state index contributed by atoms with van der Waals surface area (Å²) in [4.78, 5) is 27.3. The van der Waals surface area contributed by atoms with E-state index in [-0.39, 0.29) is 12.0 Å². The number of hydrogen-bond donors (Lipinski definition) is 1. The fourth-order valence-corrected chi connectivity index (χ4v) is 2.26. The molecule has 0 aliphatic carbocycles. The van der Waals surface area contributed by atoms with E-state index in [9.17, 15) is 9.59 Å². The van der Waals surface area contributed by atoms with Gasteiger partial charge in [0.25, 0.3) is 5.91 Å². The minimum Gasteiger partial charge on any atom is -0.450 e. The molecule has 126 valence electrons. The largest absolute Gasteiger partial charge is 0.450 e. The van der Waals surface area contributed by atoms with E-state index < -0.39 is 0 Å². The molecule has 1 aromatic heterocycles. The van der Waals surface area contributed by atoms with Gasteiger partial charge < -0.3 is 19.9 Å². The van der Waals surface area contributed by atoms with Gasteiger partial charge in [-0.3, -0.25) is 4.79 Å². The quantitative estimate of drug-likeness (QED) is 0.877. The van der Waals surface area contributed by atoms with E-state index in [1.165, 1.54) is 0 Å². The Bertz CT molecular complexity index is 526. The van der Waals surface area contributed by atoms with Gasteiger partial charge in [-0.2, -0.15) is 0 Å². The summed E-state index contributed by atoms with van der Waals surface area (Å²) >= 11 is 0. The van der Waals surface area contributed by atoms with E-state index in [2.05, 4.69) is 22.4 Å². The second-order valence-electron chi connectivity index (χ2n) is 5.21. The van der Waals surface area contributed by atoms with Crippen LogP contribution in [0.25, 0.3) is 0 Å². The lowest BCUT2D eigenvalue weighted by Gasteiger charge is -2.33. The van der Waals surface area contributed by atoms with Gasteiger partial charge in [0.15, 0.2) is 5.69 Å². The highest BCUT2D eigenvalue weighted by Gasteiger charge is 2.26. The molecule has 0 saturated carbocycles. The van der Waals surface area contributed by atoms with Gasteiger partial charge >= 0.3 is 6.09 Å². The number of ether oxygens (including phenoxy) is 1. The molecule has 0 unspecified atom stereocenters. The van der Waals surface area contributed by atoms with Crippen molar-refractivity contribution in [1.29, 1.82) is 0 Å². The molecular formula is C15H23N5O3. The number of carbonyl (C=O) groups excluding carboxylic acids is 2. The van der Waals surface area contributed by atoms with Crippen LogP contribution in [0, 0.1) is 0 Å². The first-order chi connectivity index (χ1) is 11.2. The number of rotatable bonds is 5. The third-order valence-electron chi connectivity index (χ3n) is 3.53. The summed E-state index contributed by atoms with van der Waals surface area (Å²) in [5.41, 5.74) is 0.316. The number of anilines is 1. The standard InChI is InChI=1S/C15H23N5O3/c1-3-7-16-13-6-5-12(17-18-13)14(21)19-8-10-20(11-9-19)15(22)23-4-2/h5-6H,3-4,7-11H2,1-2H3,(H,16,18). The molecule has 1 N–H and O–H groups in total. The van der Waals surface area contributed by atoms with Crippen LogP contribution in [-0.4, -0.2) is 71.3 Å². The molecule has 0 aromatic carbocycles. The molecule has 2 heterocycles. The molecule has 8 heteroatoms. The Morgan fingerprint density at radius 1 is 1.13 bits per heavy atom. The molecule has 1 aromatic rings. The van der Waals surface area contributed by atoms with Crippen molar-refractivity contribution in [2.75, 3.05) is 44.6 Å². The van der Waals surface area contributed by atoms with Crippen molar-refractivity contribution < 1.29 is 14.3 Å². The van der Waals surface area contributed by atoms with Gasteiger partial charge in [0.2, 0.25) is 0 Å². The van der Waals surface area contributed by atoms with E-state index >= 15 is 0 Å². The lowest BCUT2D eigenvalue weighted by molar-refractivity contribution is 0.0565. The summed E-state index contributed by atoms with van der Waals surface area (Å²) in [5.74, 6) is 0.499. The summed E-state index contributed by atoms with van der Waals surface area (Å²) in [6.07, 6.45) is 0.665. The van der Waals surface area contributed by atoms with Crippen LogP contribution in [0.5, 0.6) is 0 Å². The van der Waals surface area contributed by atoms with Crippen LogP contribution in [0.4, 0.5) is 10.6 Å². The van der Waals surface area contributed by atoms with Crippen molar-refractivity contribution in [2.45, 2.75) is 20.3 Å². The monoisotopic (exact) mass is 321 g/mol. The second kappa shape index (κ2) is 8.30. The Balaban J connectivity index is 1.88. The maximum atomic E-state index is 12.4. The Labute approximate surface area is 135 Å². The van der Waals surface area contributed by atoms with Gasteiger partial charge in [-0.1, -0.05) is 6.92 Å². The van der Waals surface area contributed by atoms with Gasteiger partial charge in [-0.15, -0.1) is 10.2 Å². The molecule has 8 nitrogen and oxygen atoms in total. The van der Waals surface area contributed by atoms with Gasteiger partial charge in [0, 0.05) is 32.7 Å². The highest BCUT2D eigenvalue weighted by molar-refractivity contribution is 5.92. The van der Waals surface area contributed by atoms with Gasteiger partial charge in [0.1, 0.15) is 5.82 Å². The van der Waals surface area contributed by atoms with E-state index in [1.54, 1.807) is 28.9 Å². The predicted octanol–water partition coefficient (Wildman–Crippen LogP) is 1.21. The van der Waals surface area contributed by atoms with Crippen LogP contribution < -0.4 is 5.32 Å². The maximum absolute atomic E-state index is 12.4. The SMILES string of the molecule is CCCNc1ccc(C(=O)N2CCN(C(=O)OCC)CC2)nn1. The Morgan fingerprint density at radius 3 is 2.39 bits per heavy atom. The van der Waals surface area contributed by atoms with Gasteiger partial charge in [0.05, 0.1) is 6.61 Å². The number of carbonyl (C=O) groups is 2. The third kappa shape index (κ3) is 4.54. The van der Waals surface area contributed by atoms with Crippen LogP contribution in [0.1, 0.15) is 30.8 Å². The molecule has 2 rings (SSSR count). The summed E-state index contributed by atoms with van der Waals surface area (Å²) in [6.45, 7) is 6.88. The zero-order valence-corrected chi connectivity index (χ0v) is 13.6. The Kier molecular flexibility index (Phi) is 6.13. The minimum atomic E-state index is -0.328. The van der Waals surface area contributed by atoms with Crippen LogP contribution in [0.2, 0.25) is 0 Å². The smallest absolute Gasteiger partial charge is 0.409 e. The molecule has 2 amide bonds. The van der Waals surface area contributed by atoms with Crippen LogP contribution in [0.3, 0.4) is 0 Å². The average molecular weight is 321 g/mol. The maximum Gasteiger partial charge on any atom is 0.409 e. The zero-order chi connectivity index (χ0) is 16.7. The molecule has 0 spiro atoms. The van der Waals surface area contributed by atoms with Crippen molar-refractivity contribution in [3.05, 3.63) is 17.8 Å². The lowest BCUT2D eigenvalue weighted by Crippen LogP contribution is -2.50. The van der Waals surface area contributed by atoms with Crippen LogP contribution in [-0.2, 0) is 4.74 Å². The van der Waals surface area contributed by atoms with Crippen molar-refractivity contribution in [3.8, 4) is 0 Å². The molecule has 23 heavy (non-hydrogen) atoms. The molecule has 0 radical (unpaired) electrons. The highest BCUT2D eigenvalue weighted by atomic mass is 16.6. The predicted molar refractivity (Wildman–Crippen MR) is 85.3 cm³/mol. The van der Waals surface area contributed by atoms with Crippen LogP contribution in [0.15, 0.2) is 12.1 Å². The number of piperazine rings is 1. The molecule has 1 aliphatic rings. The lowest BCUT2D eigenvalue weighted by atomic mass is 10.2. The second-order valence-corrected chi connectivity index (χ2v) is 5.21. The summed E-state index contributed by atoms with van der Waals surface area (Å²) in [5, 5.41) is 11.1. The van der Waals surface area contributed by atoms with E-state index in [0.29, 0.717) is 44.3 Å². The molecular weight excluding hydrogens is 298 g/mol. The third-order valence-corrected chi connectivity index (χ3v) is 3.53. The molecule has 1 fully saturated rings. The molecule has 1 aliphatic heterocycles. The number of nitrogens with one attached hydrogen (secondary N) is 1. The summed E-state index contributed by atoms with van der Waals surface area (Å²) in [6, 6.07) is 3.43. The van der Waals surface area contributed by atoms with Crippen LogP contribution >= 0.6 is 0 Å². The van der Waals surface area contributed by atoms with Gasteiger partial charge in [-0.05, 0) is 25.5 Å².